The lowest BCUT2D eigenvalue weighted by Crippen LogP contribution is -2.49. The van der Waals surface area contributed by atoms with E-state index in [1.54, 1.807) is 7.11 Å². The van der Waals surface area contributed by atoms with Gasteiger partial charge in [0.05, 0.1) is 18.0 Å². The molecular weight excluding hydrogens is 352 g/mol. The molecule has 1 atom stereocenters. The molecule has 144 valence electrons. The highest BCUT2D eigenvalue weighted by Crippen LogP contribution is 2.35. The third kappa shape index (κ3) is 3.88. The standard InChI is InChI=1S/C19H28N2O4S/c1-4-5-14(2)21-13-19(25-18(21)23)8-10-20(11-9-19)17(22)16-7-6-15(26-16)12-24-3/h6-7,14H,4-5,8-13H2,1-3H3/t14-/m1/s1. The van der Waals surface area contributed by atoms with Crippen molar-refractivity contribution in [2.45, 2.75) is 57.8 Å². The fourth-order valence-electron chi connectivity index (χ4n) is 3.81. The van der Waals surface area contributed by atoms with Gasteiger partial charge < -0.3 is 19.3 Å². The minimum absolute atomic E-state index is 0.0627. The Morgan fingerprint density at radius 1 is 1.38 bits per heavy atom. The highest BCUT2D eigenvalue weighted by atomic mass is 32.1. The van der Waals surface area contributed by atoms with Crippen LogP contribution >= 0.6 is 11.3 Å². The molecule has 26 heavy (non-hydrogen) atoms. The molecule has 1 aromatic rings. The largest absolute Gasteiger partial charge is 0.441 e. The van der Waals surface area contributed by atoms with E-state index < -0.39 is 5.60 Å². The SMILES string of the molecule is CCC[C@@H](C)N1CC2(CCN(C(=O)c3ccc(COC)s3)CC2)OC1=O. The number of ether oxygens (including phenoxy) is 2. The van der Waals surface area contributed by atoms with Crippen LogP contribution in [-0.4, -0.2) is 60.2 Å². The zero-order chi connectivity index (χ0) is 18.7. The first kappa shape index (κ1) is 19.2. The number of carbonyl (C=O) groups is 2. The van der Waals surface area contributed by atoms with Crippen LogP contribution in [0.3, 0.4) is 0 Å². The van der Waals surface area contributed by atoms with Gasteiger partial charge in [0.2, 0.25) is 0 Å². The molecule has 0 N–H and O–H groups in total. The third-order valence-corrected chi connectivity index (χ3v) is 6.40. The lowest BCUT2D eigenvalue weighted by molar-refractivity contribution is 0.00321. The normalized spacial score (nSPS) is 20.5. The Bertz CT molecular complexity index is 652. The Labute approximate surface area is 159 Å². The molecule has 2 aliphatic heterocycles. The Hall–Kier alpha value is -1.60. The summed E-state index contributed by atoms with van der Waals surface area (Å²) in [4.78, 5) is 30.5. The number of amides is 2. The van der Waals surface area contributed by atoms with E-state index in [9.17, 15) is 9.59 Å². The summed E-state index contributed by atoms with van der Waals surface area (Å²) in [5.74, 6) is 0.0627. The van der Waals surface area contributed by atoms with Gasteiger partial charge in [0.15, 0.2) is 0 Å². The summed E-state index contributed by atoms with van der Waals surface area (Å²) in [6, 6.07) is 4.02. The van der Waals surface area contributed by atoms with Crippen LogP contribution in [0.4, 0.5) is 4.79 Å². The summed E-state index contributed by atoms with van der Waals surface area (Å²) in [6.07, 6.45) is 3.24. The Morgan fingerprint density at radius 3 is 2.77 bits per heavy atom. The zero-order valence-electron chi connectivity index (χ0n) is 15.8. The lowest BCUT2D eigenvalue weighted by atomic mass is 9.91. The minimum atomic E-state index is -0.424. The van der Waals surface area contributed by atoms with Crippen molar-refractivity contribution < 1.29 is 19.1 Å². The van der Waals surface area contributed by atoms with E-state index in [0.717, 1.165) is 22.6 Å². The smallest absolute Gasteiger partial charge is 0.410 e. The highest BCUT2D eigenvalue weighted by molar-refractivity contribution is 7.14. The molecule has 2 saturated heterocycles. The first-order chi connectivity index (χ1) is 12.5. The van der Waals surface area contributed by atoms with E-state index in [-0.39, 0.29) is 18.0 Å². The number of thiophene rings is 1. The second-order valence-electron chi connectivity index (χ2n) is 7.31. The average molecular weight is 381 g/mol. The van der Waals surface area contributed by atoms with Gasteiger partial charge in [-0.25, -0.2) is 4.79 Å². The molecule has 0 radical (unpaired) electrons. The van der Waals surface area contributed by atoms with Crippen molar-refractivity contribution in [2.24, 2.45) is 0 Å². The Kier molecular flexibility index (Phi) is 5.87. The number of piperidine rings is 1. The molecule has 1 spiro atoms. The molecule has 0 aliphatic carbocycles. The fraction of sp³-hybridized carbons (Fsp3) is 0.684. The maximum absolute atomic E-state index is 12.7. The quantitative estimate of drug-likeness (QED) is 0.758. The van der Waals surface area contributed by atoms with Crippen molar-refractivity contribution in [1.82, 2.24) is 9.80 Å². The van der Waals surface area contributed by atoms with E-state index >= 15 is 0 Å². The second kappa shape index (κ2) is 7.96. The van der Waals surface area contributed by atoms with E-state index in [1.165, 1.54) is 11.3 Å². The van der Waals surface area contributed by atoms with Gasteiger partial charge in [-0.05, 0) is 25.5 Å². The predicted octanol–water partition coefficient (Wildman–Crippen LogP) is 3.51. The molecule has 0 saturated carbocycles. The molecule has 2 fully saturated rings. The summed E-state index contributed by atoms with van der Waals surface area (Å²) in [5, 5.41) is 0. The van der Waals surface area contributed by atoms with E-state index in [0.29, 0.717) is 39.1 Å². The molecule has 6 nitrogen and oxygen atoms in total. The minimum Gasteiger partial charge on any atom is -0.441 e. The van der Waals surface area contributed by atoms with Crippen LogP contribution < -0.4 is 0 Å². The Morgan fingerprint density at radius 2 is 2.12 bits per heavy atom. The zero-order valence-corrected chi connectivity index (χ0v) is 16.6. The van der Waals surface area contributed by atoms with Crippen LogP contribution in [0.15, 0.2) is 12.1 Å². The number of carbonyl (C=O) groups excluding carboxylic acids is 2. The van der Waals surface area contributed by atoms with Gasteiger partial charge in [0.1, 0.15) is 5.60 Å². The monoisotopic (exact) mass is 380 g/mol. The van der Waals surface area contributed by atoms with Crippen LogP contribution in [0, 0.1) is 0 Å². The van der Waals surface area contributed by atoms with E-state index in [1.807, 2.05) is 21.9 Å². The van der Waals surface area contributed by atoms with Gasteiger partial charge in [-0.2, -0.15) is 0 Å². The number of nitrogens with zero attached hydrogens (tertiary/aromatic N) is 2. The fourth-order valence-corrected chi connectivity index (χ4v) is 4.75. The van der Waals surface area contributed by atoms with Gasteiger partial charge in [-0.1, -0.05) is 13.3 Å². The molecule has 0 unspecified atom stereocenters. The van der Waals surface area contributed by atoms with Gasteiger partial charge in [-0.15, -0.1) is 11.3 Å². The van der Waals surface area contributed by atoms with E-state index in [4.69, 9.17) is 9.47 Å². The van der Waals surface area contributed by atoms with Crippen molar-refractivity contribution in [3.63, 3.8) is 0 Å². The van der Waals surface area contributed by atoms with Crippen LogP contribution in [-0.2, 0) is 16.1 Å². The maximum atomic E-state index is 12.7. The number of rotatable bonds is 6. The van der Waals surface area contributed by atoms with Crippen molar-refractivity contribution in [3.05, 3.63) is 21.9 Å². The van der Waals surface area contributed by atoms with Gasteiger partial charge >= 0.3 is 6.09 Å². The number of hydrogen-bond acceptors (Lipinski definition) is 5. The van der Waals surface area contributed by atoms with Crippen LogP contribution in [0.1, 0.15) is 54.1 Å². The van der Waals surface area contributed by atoms with Gasteiger partial charge in [0, 0.05) is 44.0 Å². The Balaban J connectivity index is 1.58. The van der Waals surface area contributed by atoms with Crippen molar-refractivity contribution in [2.75, 3.05) is 26.7 Å². The van der Waals surface area contributed by atoms with Crippen molar-refractivity contribution in [1.29, 1.82) is 0 Å². The molecular formula is C19H28N2O4S. The molecule has 0 aromatic carbocycles. The molecule has 0 bridgehead atoms. The lowest BCUT2D eigenvalue weighted by Gasteiger charge is -2.37. The first-order valence-corrected chi connectivity index (χ1v) is 10.2. The van der Waals surface area contributed by atoms with E-state index in [2.05, 4.69) is 13.8 Å². The highest BCUT2D eigenvalue weighted by Gasteiger charge is 2.48. The number of likely N-dealkylation sites (tertiary alicyclic amines) is 1. The molecule has 7 heteroatoms. The summed E-state index contributed by atoms with van der Waals surface area (Å²) >= 11 is 1.48. The number of hydrogen-bond donors (Lipinski definition) is 0. The van der Waals surface area contributed by atoms with Gasteiger partial charge in [0.25, 0.3) is 5.91 Å². The van der Waals surface area contributed by atoms with Crippen LogP contribution in [0.5, 0.6) is 0 Å². The first-order valence-electron chi connectivity index (χ1n) is 9.34. The second-order valence-corrected chi connectivity index (χ2v) is 8.48. The summed E-state index contributed by atoms with van der Waals surface area (Å²) in [7, 11) is 1.65. The predicted molar refractivity (Wildman–Crippen MR) is 100 cm³/mol. The summed E-state index contributed by atoms with van der Waals surface area (Å²) in [6.45, 7) is 6.63. The van der Waals surface area contributed by atoms with Crippen molar-refractivity contribution >= 4 is 23.3 Å². The average Bonchev–Trinajstić information content (AvgIpc) is 3.21. The summed E-state index contributed by atoms with van der Waals surface area (Å²) in [5.41, 5.74) is -0.424. The number of methoxy groups -OCH3 is 1. The molecule has 1 aromatic heterocycles. The van der Waals surface area contributed by atoms with Crippen molar-refractivity contribution in [3.8, 4) is 0 Å². The third-order valence-electron chi connectivity index (χ3n) is 5.36. The van der Waals surface area contributed by atoms with Crippen LogP contribution in [0.2, 0.25) is 0 Å². The summed E-state index contributed by atoms with van der Waals surface area (Å²) < 4.78 is 10.9. The molecule has 2 amide bonds. The maximum Gasteiger partial charge on any atom is 0.410 e. The molecule has 3 rings (SSSR count). The topological polar surface area (TPSA) is 59.1 Å². The van der Waals surface area contributed by atoms with Gasteiger partial charge in [-0.3, -0.25) is 4.79 Å². The van der Waals surface area contributed by atoms with Crippen LogP contribution in [0.25, 0.3) is 0 Å². The molecule has 2 aliphatic rings. The molecule has 3 heterocycles.